The second-order valence-corrected chi connectivity index (χ2v) is 7.18. The second kappa shape index (κ2) is 10.5. The van der Waals surface area contributed by atoms with Crippen molar-refractivity contribution in [1.29, 1.82) is 0 Å². The van der Waals surface area contributed by atoms with Crippen LogP contribution in [0.3, 0.4) is 0 Å². The SMILES string of the molecule is C\C=C/C=C\C=C(\C1=NC(N(C)C)=N/C1=C(/C=O)c1ccc(OC)cc1F)C(C)C. The smallest absolute Gasteiger partial charge is 0.226 e. The van der Waals surface area contributed by atoms with Gasteiger partial charge in [0.15, 0.2) is 6.29 Å². The highest BCUT2D eigenvalue weighted by atomic mass is 19.1. The predicted octanol–water partition coefficient (Wildman–Crippen LogP) is 4.83. The van der Waals surface area contributed by atoms with Gasteiger partial charge in [0, 0.05) is 25.7 Å². The Kier molecular flexibility index (Phi) is 8.04. The molecule has 30 heavy (non-hydrogen) atoms. The van der Waals surface area contributed by atoms with Gasteiger partial charge in [0.05, 0.1) is 18.4 Å². The van der Waals surface area contributed by atoms with E-state index in [1.165, 1.54) is 19.2 Å². The third kappa shape index (κ3) is 5.20. The molecule has 0 aromatic heterocycles. The number of halogens is 1. The summed E-state index contributed by atoms with van der Waals surface area (Å²) in [6.07, 6.45) is 10.3. The molecule has 0 spiro atoms. The van der Waals surface area contributed by atoms with Gasteiger partial charge < -0.3 is 9.64 Å². The lowest BCUT2D eigenvalue weighted by Gasteiger charge is -2.14. The van der Waals surface area contributed by atoms with Crippen molar-refractivity contribution in [2.24, 2.45) is 15.9 Å². The summed E-state index contributed by atoms with van der Waals surface area (Å²) in [4.78, 5) is 23.0. The van der Waals surface area contributed by atoms with Crippen LogP contribution in [-0.4, -0.2) is 44.1 Å². The van der Waals surface area contributed by atoms with Gasteiger partial charge in [-0.1, -0.05) is 44.2 Å². The van der Waals surface area contributed by atoms with Crippen molar-refractivity contribution in [3.05, 3.63) is 71.2 Å². The van der Waals surface area contributed by atoms with Crippen LogP contribution in [0.4, 0.5) is 4.39 Å². The maximum atomic E-state index is 14.8. The van der Waals surface area contributed by atoms with E-state index in [2.05, 4.69) is 9.98 Å². The number of hydrogen-bond acceptors (Lipinski definition) is 5. The van der Waals surface area contributed by atoms with Crippen molar-refractivity contribution in [3.63, 3.8) is 0 Å². The summed E-state index contributed by atoms with van der Waals surface area (Å²) in [7, 11) is 5.11. The molecule has 1 aromatic rings. The van der Waals surface area contributed by atoms with E-state index in [0.717, 1.165) is 5.57 Å². The Bertz CT molecular complexity index is 980. The molecule has 5 nitrogen and oxygen atoms in total. The Hall–Kier alpha value is -3.28. The fraction of sp³-hybridized carbons (Fsp3) is 0.292. The van der Waals surface area contributed by atoms with Gasteiger partial charge in [-0.25, -0.2) is 14.4 Å². The van der Waals surface area contributed by atoms with Crippen LogP contribution < -0.4 is 4.74 Å². The van der Waals surface area contributed by atoms with Gasteiger partial charge in [-0.2, -0.15) is 0 Å². The number of aliphatic imine (C=N–C) groups is 2. The molecule has 0 saturated heterocycles. The lowest BCUT2D eigenvalue weighted by atomic mass is 9.92. The zero-order valence-corrected chi connectivity index (χ0v) is 18.3. The average Bonchev–Trinajstić information content (AvgIpc) is 3.14. The number of benzene rings is 1. The lowest BCUT2D eigenvalue weighted by Crippen LogP contribution is -2.18. The van der Waals surface area contributed by atoms with E-state index < -0.39 is 5.82 Å². The van der Waals surface area contributed by atoms with Gasteiger partial charge in [-0.05, 0) is 30.5 Å². The molecule has 0 aliphatic carbocycles. The van der Waals surface area contributed by atoms with Gasteiger partial charge in [-0.15, -0.1) is 0 Å². The zero-order chi connectivity index (χ0) is 22.3. The van der Waals surface area contributed by atoms with Crippen LogP contribution in [0.5, 0.6) is 5.75 Å². The van der Waals surface area contributed by atoms with Crippen molar-refractivity contribution in [3.8, 4) is 5.75 Å². The Labute approximate surface area is 177 Å². The summed E-state index contributed by atoms with van der Waals surface area (Å²) < 4.78 is 19.8. The van der Waals surface area contributed by atoms with E-state index in [0.29, 0.717) is 29.4 Å². The molecule has 1 aliphatic rings. The molecule has 158 valence electrons. The standard InChI is InChI=1S/C24H28FN3O2/c1-7-8-9-10-11-18(16(2)3)22-23(27-24(26-22)28(4)5)20(15-29)19-13-12-17(30-6)14-21(19)25/h7-16H,1-6H3/b8-7-,10-9-,18-11+,23-20-. The highest BCUT2D eigenvalue weighted by Gasteiger charge is 2.27. The molecular weight excluding hydrogens is 381 g/mol. The maximum absolute atomic E-state index is 14.8. The largest absolute Gasteiger partial charge is 0.497 e. The molecule has 1 heterocycles. The van der Waals surface area contributed by atoms with Crippen LogP contribution in [0.15, 0.2) is 69.8 Å². The minimum Gasteiger partial charge on any atom is -0.497 e. The highest BCUT2D eigenvalue weighted by molar-refractivity contribution is 6.29. The van der Waals surface area contributed by atoms with Crippen molar-refractivity contribution >= 4 is 23.5 Å². The van der Waals surface area contributed by atoms with Crippen LogP contribution in [0.1, 0.15) is 26.3 Å². The van der Waals surface area contributed by atoms with E-state index in [1.807, 2.05) is 65.2 Å². The molecule has 6 heteroatoms. The molecule has 0 unspecified atom stereocenters. The predicted molar refractivity (Wildman–Crippen MR) is 121 cm³/mol. The van der Waals surface area contributed by atoms with Gasteiger partial charge in [0.1, 0.15) is 17.3 Å². The number of guanidine groups is 1. The molecule has 0 amide bonds. The molecule has 1 aliphatic heterocycles. The Morgan fingerprint density at radius 3 is 2.43 bits per heavy atom. The third-order valence-corrected chi connectivity index (χ3v) is 4.47. The van der Waals surface area contributed by atoms with Crippen LogP contribution in [-0.2, 0) is 4.79 Å². The Morgan fingerprint density at radius 2 is 1.90 bits per heavy atom. The third-order valence-electron chi connectivity index (χ3n) is 4.47. The molecule has 1 aromatic carbocycles. The normalized spacial score (nSPS) is 16.3. The number of aldehydes is 1. The summed E-state index contributed by atoms with van der Waals surface area (Å²) in [6.45, 7) is 6.02. The van der Waals surface area contributed by atoms with E-state index in [-0.39, 0.29) is 17.1 Å². The molecular formula is C24H28FN3O2. The topological polar surface area (TPSA) is 54.3 Å². The number of allylic oxidation sites excluding steroid dienone is 7. The second-order valence-electron chi connectivity index (χ2n) is 7.18. The minimum absolute atomic E-state index is 0.110. The Morgan fingerprint density at radius 1 is 1.17 bits per heavy atom. The lowest BCUT2D eigenvalue weighted by molar-refractivity contribution is -0.103. The van der Waals surface area contributed by atoms with Crippen LogP contribution in [0, 0.1) is 11.7 Å². The minimum atomic E-state index is -0.556. The molecule has 0 radical (unpaired) electrons. The molecule has 0 saturated carbocycles. The van der Waals surface area contributed by atoms with Crippen molar-refractivity contribution in [2.45, 2.75) is 20.8 Å². The maximum Gasteiger partial charge on any atom is 0.226 e. The van der Waals surface area contributed by atoms with Crippen LogP contribution >= 0.6 is 0 Å². The van der Waals surface area contributed by atoms with Gasteiger partial charge in [-0.3, -0.25) is 4.79 Å². The molecule has 0 bridgehead atoms. The van der Waals surface area contributed by atoms with E-state index in [4.69, 9.17) is 4.74 Å². The van der Waals surface area contributed by atoms with Gasteiger partial charge in [0.25, 0.3) is 0 Å². The summed E-state index contributed by atoms with van der Waals surface area (Å²) >= 11 is 0. The zero-order valence-electron chi connectivity index (χ0n) is 18.3. The summed E-state index contributed by atoms with van der Waals surface area (Å²) in [6, 6.07) is 4.39. The quantitative estimate of drug-likeness (QED) is 0.368. The van der Waals surface area contributed by atoms with Gasteiger partial charge in [0.2, 0.25) is 5.96 Å². The number of ether oxygens (including phenoxy) is 1. The van der Waals surface area contributed by atoms with E-state index in [1.54, 1.807) is 11.0 Å². The summed E-state index contributed by atoms with van der Waals surface area (Å²) in [5.41, 5.74) is 2.13. The fourth-order valence-corrected chi connectivity index (χ4v) is 2.89. The molecule has 0 atom stereocenters. The molecule has 0 fully saturated rings. The number of methoxy groups -OCH3 is 1. The van der Waals surface area contributed by atoms with E-state index in [9.17, 15) is 9.18 Å². The fourth-order valence-electron chi connectivity index (χ4n) is 2.89. The first kappa shape index (κ1) is 23.0. The molecule has 2 rings (SSSR count). The van der Waals surface area contributed by atoms with E-state index >= 15 is 0 Å². The first-order valence-electron chi connectivity index (χ1n) is 9.72. The van der Waals surface area contributed by atoms with Crippen LogP contribution in [0.2, 0.25) is 0 Å². The van der Waals surface area contributed by atoms with Crippen molar-refractivity contribution in [1.82, 2.24) is 4.90 Å². The Balaban J connectivity index is 2.71. The van der Waals surface area contributed by atoms with Gasteiger partial charge >= 0.3 is 0 Å². The average molecular weight is 410 g/mol. The first-order chi connectivity index (χ1) is 14.3. The highest BCUT2D eigenvalue weighted by Crippen LogP contribution is 2.31. The number of carbonyl (C=O) groups excluding carboxylic acids is 1. The number of carbonyl (C=O) groups is 1. The van der Waals surface area contributed by atoms with Crippen molar-refractivity contribution < 1.29 is 13.9 Å². The molecule has 0 N–H and O–H groups in total. The number of rotatable bonds is 7. The summed E-state index contributed by atoms with van der Waals surface area (Å²) in [5, 5.41) is 0. The van der Waals surface area contributed by atoms with Crippen molar-refractivity contribution in [2.75, 3.05) is 21.2 Å². The number of hydrogen-bond donors (Lipinski definition) is 0. The monoisotopic (exact) mass is 409 g/mol. The number of nitrogens with zero attached hydrogens (tertiary/aromatic N) is 3. The first-order valence-corrected chi connectivity index (χ1v) is 9.72. The summed E-state index contributed by atoms with van der Waals surface area (Å²) in [5.74, 6) is 0.387. The van der Waals surface area contributed by atoms with Crippen LogP contribution in [0.25, 0.3) is 5.57 Å².